The number of carbonyl (C=O) groups is 1. The van der Waals surface area contributed by atoms with Gasteiger partial charge >= 0.3 is 0 Å². The number of carbonyl (C=O) groups excluding carboxylic acids is 1. The van der Waals surface area contributed by atoms with E-state index in [1.165, 1.54) is 0 Å². The Kier molecular flexibility index (Phi) is 5.04. The number of hydrogen-bond donors (Lipinski definition) is 3. The monoisotopic (exact) mass is 497 g/mol. The van der Waals surface area contributed by atoms with E-state index >= 15 is 0 Å². The number of para-hydroxylation sites is 1. The van der Waals surface area contributed by atoms with Crippen LogP contribution in [0.3, 0.4) is 0 Å². The molecule has 7 rings (SSSR count). The Morgan fingerprint density at radius 2 is 1.79 bits per heavy atom. The number of aromatic nitrogens is 6. The summed E-state index contributed by atoms with van der Waals surface area (Å²) in [5, 5.41) is 11.2. The highest BCUT2D eigenvalue weighted by molar-refractivity contribution is 6.04. The highest BCUT2D eigenvalue weighted by Crippen LogP contribution is 2.33. The Morgan fingerprint density at radius 3 is 2.66 bits per heavy atom. The van der Waals surface area contributed by atoms with Gasteiger partial charge in [0.05, 0.1) is 40.8 Å². The van der Waals surface area contributed by atoms with Crippen molar-refractivity contribution in [3.05, 3.63) is 103 Å². The molecule has 9 nitrogen and oxygen atoms in total. The first-order valence-electron chi connectivity index (χ1n) is 11.9. The first-order valence-corrected chi connectivity index (χ1v) is 11.9. The van der Waals surface area contributed by atoms with E-state index in [0.29, 0.717) is 22.7 Å². The predicted molar refractivity (Wildman–Crippen MR) is 144 cm³/mol. The first kappa shape index (κ1) is 21.7. The van der Waals surface area contributed by atoms with Gasteiger partial charge < -0.3 is 14.7 Å². The Hall–Kier alpha value is -5.57. The van der Waals surface area contributed by atoms with Crippen molar-refractivity contribution in [3.63, 3.8) is 0 Å². The number of fused-ring (bicyclic) bond motifs is 2. The van der Waals surface area contributed by atoms with Gasteiger partial charge in [0, 0.05) is 40.2 Å². The predicted octanol–water partition coefficient (Wildman–Crippen LogP) is 6.08. The van der Waals surface area contributed by atoms with Crippen LogP contribution in [-0.4, -0.2) is 36.0 Å². The van der Waals surface area contributed by atoms with Crippen molar-refractivity contribution in [1.29, 1.82) is 0 Å². The van der Waals surface area contributed by atoms with Crippen molar-refractivity contribution >= 4 is 33.7 Å². The van der Waals surface area contributed by atoms with Gasteiger partial charge in [0.2, 0.25) is 0 Å². The Labute approximate surface area is 215 Å². The summed E-state index contributed by atoms with van der Waals surface area (Å²) < 4.78 is 5.27. The SMILES string of the molecule is O=C(Nc1cncc(-c2cnc3n[nH]c(-c4nc5c(-c6ccoc6)cccc5[nH]4)c3c2)c1)c1ccccc1. The maximum absolute atomic E-state index is 12.6. The van der Waals surface area contributed by atoms with Crippen LogP contribution in [0.5, 0.6) is 0 Å². The average molecular weight is 498 g/mol. The van der Waals surface area contributed by atoms with Gasteiger partial charge in [0.25, 0.3) is 5.91 Å². The van der Waals surface area contributed by atoms with Gasteiger partial charge in [-0.2, -0.15) is 5.10 Å². The van der Waals surface area contributed by atoms with Gasteiger partial charge in [-0.1, -0.05) is 30.3 Å². The minimum absolute atomic E-state index is 0.199. The fourth-order valence-electron chi connectivity index (χ4n) is 4.50. The summed E-state index contributed by atoms with van der Waals surface area (Å²) in [6, 6.07) is 20.8. The first-order chi connectivity index (χ1) is 18.7. The van der Waals surface area contributed by atoms with E-state index in [2.05, 4.69) is 30.5 Å². The van der Waals surface area contributed by atoms with E-state index in [9.17, 15) is 4.79 Å². The molecule has 9 heteroatoms. The second-order valence-corrected chi connectivity index (χ2v) is 8.78. The van der Waals surface area contributed by atoms with Gasteiger partial charge in [-0.25, -0.2) is 9.97 Å². The van der Waals surface area contributed by atoms with Crippen LogP contribution in [0, 0.1) is 0 Å². The molecule has 0 saturated heterocycles. The Bertz CT molecular complexity index is 1920. The summed E-state index contributed by atoms with van der Waals surface area (Å²) >= 11 is 0. The lowest BCUT2D eigenvalue weighted by atomic mass is 10.1. The third-order valence-electron chi connectivity index (χ3n) is 6.36. The van der Waals surface area contributed by atoms with Crippen molar-refractivity contribution in [2.75, 3.05) is 5.32 Å². The molecular weight excluding hydrogens is 478 g/mol. The standard InChI is InChI=1S/C29H19N7O2/c37-29(17-5-2-1-3-6-17)32-21-11-19(13-30-15-21)20-12-23-26(35-36-27(23)31-14-20)28-33-24-8-4-7-22(25(24)34-28)18-9-10-38-16-18/h1-16H,(H,32,37)(H,33,34)(H,31,35,36). The van der Waals surface area contributed by atoms with Crippen LogP contribution in [0.25, 0.3) is 55.8 Å². The molecule has 182 valence electrons. The normalized spacial score (nSPS) is 11.3. The van der Waals surface area contributed by atoms with Crippen molar-refractivity contribution in [1.82, 2.24) is 30.1 Å². The van der Waals surface area contributed by atoms with Crippen molar-refractivity contribution in [2.24, 2.45) is 0 Å². The molecule has 38 heavy (non-hydrogen) atoms. The number of imidazole rings is 1. The smallest absolute Gasteiger partial charge is 0.255 e. The minimum atomic E-state index is -0.199. The molecule has 2 aromatic carbocycles. The molecule has 7 aromatic rings. The molecule has 5 heterocycles. The summed E-state index contributed by atoms with van der Waals surface area (Å²) in [6.07, 6.45) is 8.44. The number of hydrogen-bond acceptors (Lipinski definition) is 6. The zero-order valence-corrected chi connectivity index (χ0v) is 19.8. The third kappa shape index (κ3) is 3.79. The molecule has 0 unspecified atom stereocenters. The molecule has 1 amide bonds. The largest absolute Gasteiger partial charge is 0.472 e. The number of H-pyrrole nitrogens is 2. The van der Waals surface area contributed by atoms with Crippen LogP contribution in [0.1, 0.15) is 10.4 Å². The van der Waals surface area contributed by atoms with E-state index in [0.717, 1.165) is 44.4 Å². The maximum Gasteiger partial charge on any atom is 0.255 e. The van der Waals surface area contributed by atoms with Crippen molar-refractivity contribution < 1.29 is 9.21 Å². The summed E-state index contributed by atoms with van der Waals surface area (Å²) in [5.41, 5.74) is 7.77. The molecule has 3 N–H and O–H groups in total. The van der Waals surface area contributed by atoms with Crippen LogP contribution in [0.2, 0.25) is 0 Å². The molecule has 0 radical (unpaired) electrons. The van der Waals surface area contributed by atoms with E-state index in [1.807, 2.05) is 54.6 Å². The molecule has 0 aliphatic carbocycles. The summed E-state index contributed by atoms with van der Waals surface area (Å²) in [5.74, 6) is 0.453. The van der Waals surface area contributed by atoms with Gasteiger partial charge in [0.1, 0.15) is 5.69 Å². The molecule has 0 aliphatic rings. The van der Waals surface area contributed by atoms with Crippen molar-refractivity contribution in [2.45, 2.75) is 0 Å². The second kappa shape index (κ2) is 8.82. The lowest BCUT2D eigenvalue weighted by Crippen LogP contribution is -2.11. The number of nitrogens with one attached hydrogen (secondary N) is 3. The molecule has 0 saturated carbocycles. The summed E-state index contributed by atoms with van der Waals surface area (Å²) in [4.78, 5) is 29.7. The van der Waals surface area contributed by atoms with Crippen LogP contribution in [0.4, 0.5) is 5.69 Å². The lowest BCUT2D eigenvalue weighted by molar-refractivity contribution is 0.102. The maximum atomic E-state index is 12.6. The fraction of sp³-hybridized carbons (Fsp3) is 0. The minimum Gasteiger partial charge on any atom is -0.472 e. The van der Waals surface area contributed by atoms with Crippen LogP contribution in [0.15, 0.2) is 102 Å². The van der Waals surface area contributed by atoms with Crippen molar-refractivity contribution in [3.8, 4) is 33.8 Å². The zero-order valence-electron chi connectivity index (χ0n) is 19.8. The molecular formula is C29H19N7O2. The van der Waals surface area contributed by atoms with Gasteiger partial charge in [-0.05, 0) is 36.4 Å². The van der Waals surface area contributed by atoms with Crippen LogP contribution >= 0.6 is 0 Å². The summed E-state index contributed by atoms with van der Waals surface area (Å²) in [7, 11) is 0. The zero-order chi connectivity index (χ0) is 25.5. The lowest BCUT2D eigenvalue weighted by Gasteiger charge is -2.07. The quantitative estimate of drug-likeness (QED) is 0.265. The number of aromatic amines is 2. The van der Waals surface area contributed by atoms with E-state index < -0.39 is 0 Å². The number of pyridine rings is 2. The fourth-order valence-corrected chi connectivity index (χ4v) is 4.50. The number of furan rings is 1. The molecule has 0 atom stereocenters. The second-order valence-electron chi connectivity index (χ2n) is 8.78. The molecule has 0 aliphatic heterocycles. The number of nitrogens with zero attached hydrogens (tertiary/aromatic N) is 4. The number of amides is 1. The van der Waals surface area contributed by atoms with E-state index in [1.54, 1.807) is 43.2 Å². The summed E-state index contributed by atoms with van der Waals surface area (Å²) in [6.45, 7) is 0. The van der Waals surface area contributed by atoms with E-state index in [-0.39, 0.29) is 5.91 Å². The third-order valence-corrected chi connectivity index (χ3v) is 6.36. The Balaban J connectivity index is 1.25. The number of benzene rings is 2. The molecule has 0 spiro atoms. The number of anilines is 1. The van der Waals surface area contributed by atoms with Gasteiger partial charge in [-0.3, -0.25) is 14.9 Å². The highest BCUT2D eigenvalue weighted by Gasteiger charge is 2.16. The van der Waals surface area contributed by atoms with E-state index in [4.69, 9.17) is 9.40 Å². The molecule has 0 bridgehead atoms. The average Bonchev–Trinajstić information content (AvgIpc) is 3.73. The molecule has 0 fully saturated rings. The number of rotatable bonds is 5. The highest BCUT2D eigenvalue weighted by atomic mass is 16.3. The van der Waals surface area contributed by atoms with Crippen LogP contribution < -0.4 is 5.32 Å². The van der Waals surface area contributed by atoms with Gasteiger partial charge in [0.15, 0.2) is 11.5 Å². The Morgan fingerprint density at radius 1 is 0.895 bits per heavy atom. The van der Waals surface area contributed by atoms with Crippen LogP contribution in [-0.2, 0) is 0 Å². The van der Waals surface area contributed by atoms with Gasteiger partial charge in [-0.15, -0.1) is 0 Å². The molecule has 5 aromatic heterocycles. The topological polar surface area (TPSA) is 125 Å².